The number of allylic oxidation sites excluding steroid dienone is 1. The fourth-order valence-corrected chi connectivity index (χ4v) is 1.65. The van der Waals surface area contributed by atoms with Crippen molar-refractivity contribution in [3.05, 3.63) is 16.4 Å². The van der Waals surface area contributed by atoms with Crippen molar-refractivity contribution in [2.75, 3.05) is 6.61 Å². The molecule has 5 heteroatoms. The average Bonchev–Trinajstić information content (AvgIpc) is 2.16. The molecule has 1 saturated carbocycles. The Bertz CT molecular complexity index is 294. The van der Waals surface area contributed by atoms with Gasteiger partial charge in [-0.1, -0.05) is 19.3 Å². The standard InChI is InChI=1S/C11H17NO4/c1-2-16-11(14)10(12-15)9(13)7-6-8-4-3-5-8/h8,13H,2-7H2,1H3. The maximum atomic E-state index is 11.2. The van der Waals surface area contributed by atoms with Crippen LogP contribution in [0.1, 0.15) is 39.0 Å². The lowest BCUT2D eigenvalue weighted by Gasteiger charge is -2.24. The molecule has 0 amide bonds. The second kappa shape index (κ2) is 6.25. The van der Waals surface area contributed by atoms with E-state index in [-0.39, 0.29) is 12.4 Å². The molecule has 1 fully saturated rings. The molecule has 1 N–H and O–H groups in total. The Labute approximate surface area is 94.5 Å². The Morgan fingerprint density at radius 1 is 1.50 bits per heavy atom. The largest absolute Gasteiger partial charge is 0.510 e. The van der Waals surface area contributed by atoms with Crippen molar-refractivity contribution in [3.63, 3.8) is 0 Å². The average molecular weight is 227 g/mol. The minimum absolute atomic E-state index is 0.160. The van der Waals surface area contributed by atoms with E-state index in [2.05, 4.69) is 9.91 Å². The first-order chi connectivity index (χ1) is 7.69. The fraction of sp³-hybridized carbons (Fsp3) is 0.727. The lowest BCUT2D eigenvalue weighted by atomic mass is 9.82. The van der Waals surface area contributed by atoms with Crippen molar-refractivity contribution >= 4 is 5.97 Å². The van der Waals surface area contributed by atoms with Crippen LogP contribution in [0.15, 0.2) is 16.6 Å². The lowest BCUT2D eigenvalue weighted by Crippen LogP contribution is -2.12. The highest BCUT2D eigenvalue weighted by Gasteiger charge is 2.21. The summed E-state index contributed by atoms with van der Waals surface area (Å²) in [6, 6.07) is 0. The van der Waals surface area contributed by atoms with E-state index < -0.39 is 11.7 Å². The molecule has 0 aromatic rings. The number of nitroso groups, excluding NO2 is 1. The van der Waals surface area contributed by atoms with E-state index >= 15 is 0 Å². The molecule has 90 valence electrons. The first kappa shape index (κ1) is 12.7. The number of carbonyl (C=O) groups excluding carboxylic acids is 1. The van der Waals surface area contributed by atoms with Crippen LogP contribution in [0.4, 0.5) is 0 Å². The molecule has 0 bridgehead atoms. The van der Waals surface area contributed by atoms with Crippen molar-refractivity contribution in [1.29, 1.82) is 0 Å². The molecule has 5 nitrogen and oxygen atoms in total. The number of rotatable bonds is 6. The maximum Gasteiger partial charge on any atom is 0.364 e. The van der Waals surface area contributed by atoms with Gasteiger partial charge in [0, 0.05) is 6.42 Å². The minimum Gasteiger partial charge on any atom is -0.510 e. The van der Waals surface area contributed by atoms with Crippen molar-refractivity contribution in [1.82, 2.24) is 0 Å². The molecule has 0 saturated heterocycles. The summed E-state index contributed by atoms with van der Waals surface area (Å²) in [6.45, 7) is 1.79. The molecular weight excluding hydrogens is 210 g/mol. The predicted octanol–water partition coefficient (Wildman–Crippen LogP) is 2.67. The van der Waals surface area contributed by atoms with Gasteiger partial charge >= 0.3 is 5.97 Å². The number of esters is 1. The highest BCUT2D eigenvalue weighted by molar-refractivity contribution is 5.88. The summed E-state index contributed by atoms with van der Waals surface area (Å²) >= 11 is 0. The van der Waals surface area contributed by atoms with E-state index in [1.807, 2.05) is 0 Å². The van der Waals surface area contributed by atoms with Gasteiger partial charge in [-0.2, -0.15) is 0 Å². The molecule has 0 unspecified atom stereocenters. The lowest BCUT2D eigenvalue weighted by molar-refractivity contribution is -0.138. The zero-order valence-corrected chi connectivity index (χ0v) is 9.44. The zero-order valence-electron chi connectivity index (χ0n) is 9.44. The van der Waals surface area contributed by atoms with Crippen molar-refractivity contribution in [2.45, 2.75) is 39.0 Å². The van der Waals surface area contributed by atoms with Gasteiger partial charge in [-0.05, 0) is 24.4 Å². The molecule has 16 heavy (non-hydrogen) atoms. The Hall–Kier alpha value is -1.39. The van der Waals surface area contributed by atoms with E-state index in [0.29, 0.717) is 12.3 Å². The van der Waals surface area contributed by atoms with Crippen LogP contribution in [0.2, 0.25) is 0 Å². The molecule has 0 aromatic carbocycles. The first-order valence-corrected chi connectivity index (χ1v) is 5.61. The molecule has 1 aliphatic carbocycles. The van der Waals surface area contributed by atoms with Gasteiger partial charge in [0.25, 0.3) is 0 Å². The smallest absolute Gasteiger partial charge is 0.364 e. The van der Waals surface area contributed by atoms with Crippen LogP contribution in [0.3, 0.4) is 0 Å². The van der Waals surface area contributed by atoms with Gasteiger partial charge in [0.05, 0.1) is 6.61 Å². The molecule has 1 aliphatic rings. The van der Waals surface area contributed by atoms with E-state index in [9.17, 15) is 14.8 Å². The molecule has 0 radical (unpaired) electrons. The molecule has 0 atom stereocenters. The predicted molar refractivity (Wildman–Crippen MR) is 58.7 cm³/mol. The number of ether oxygens (including phenoxy) is 1. The van der Waals surface area contributed by atoms with Crippen LogP contribution >= 0.6 is 0 Å². The molecule has 0 spiro atoms. The van der Waals surface area contributed by atoms with Gasteiger partial charge in [-0.25, -0.2) is 4.79 Å². The molecule has 0 aliphatic heterocycles. The summed E-state index contributed by atoms with van der Waals surface area (Å²) in [5.41, 5.74) is -0.485. The molecular formula is C11H17NO4. The van der Waals surface area contributed by atoms with Crippen LogP contribution in [-0.4, -0.2) is 17.7 Å². The van der Waals surface area contributed by atoms with Crippen molar-refractivity contribution in [2.24, 2.45) is 11.1 Å². The summed E-state index contributed by atoms with van der Waals surface area (Å²) in [5, 5.41) is 12.1. The summed E-state index contributed by atoms with van der Waals surface area (Å²) in [5.74, 6) is -0.485. The SMILES string of the molecule is CCOC(=O)C(N=O)=C(O)CCC1CCC1. The second-order valence-corrected chi connectivity index (χ2v) is 3.94. The van der Waals surface area contributed by atoms with Crippen LogP contribution in [0, 0.1) is 10.8 Å². The van der Waals surface area contributed by atoms with Crippen LogP contribution in [0.25, 0.3) is 0 Å². The summed E-state index contributed by atoms with van der Waals surface area (Å²) in [4.78, 5) is 21.6. The van der Waals surface area contributed by atoms with Gasteiger partial charge in [-0.3, -0.25) is 0 Å². The second-order valence-electron chi connectivity index (χ2n) is 3.94. The number of aliphatic hydroxyl groups excluding tert-OH is 1. The van der Waals surface area contributed by atoms with Gasteiger partial charge in [0.2, 0.25) is 5.70 Å². The van der Waals surface area contributed by atoms with Gasteiger partial charge in [0.1, 0.15) is 5.76 Å². The molecule has 0 heterocycles. The normalized spacial score (nSPS) is 17.3. The maximum absolute atomic E-state index is 11.2. The van der Waals surface area contributed by atoms with E-state index in [0.717, 1.165) is 19.3 Å². The molecule has 1 rings (SSSR count). The summed E-state index contributed by atoms with van der Waals surface area (Å²) < 4.78 is 4.61. The highest BCUT2D eigenvalue weighted by atomic mass is 16.5. The van der Waals surface area contributed by atoms with E-state index in [4.69, 9.17) is 0 Å². The topological polar surface area (TPSA) is 76.0 Å². The van der Waals surface area contributed by atoms with Gasteiger partial charge in [0.15, 0.2) is 0 Å². The minimum atomic E-state index is -0.844. The number of carbonyl (C=O) groups is 1. The van der Waals surface area contributed by atoms with E-state index in [1.165, 1.54) is 6.42 Å². The van der Waals surface area contributed by atoms with Crippen LogP contribution in [-0.2, 0) is 9.53 Å². The Balaban J connectivity index is 2.51. The summed E-state index contributed by atoms with van der Waals surface area (Å²) in [7, 11) is 0. The number of hydrogen-bond donors (Lipinski definition) is 1. The Morgan fingerprint density at radius 2 is 2.19 bits per heavy atom. The quantitative estimate of drug-likeness (QED) is 0.327. The van der Waals surface area contributed by atoms with Crippen LogP contribution in [0.5, 0.6) is 0 Å². The molecule has 0 aromatic heterocycles. The number of hydrogen-bond acceptors (Lipinski definition) is 5. The van der Waals surface area contributed by atoms with Crippen LogP contribution < -0.4 is 0 Å². The Morgan fingerprint density at radius 3 is 2.62 bits per heavy atom. The first-order valence-electron chi connectivity index (χ1n) is 5.61. The number of nitrogens with zero attached hydrogens (tertiary/aromatic N) is 1. The third kappa shape index (κ3) is 3.32. The van der Waals surface area contributed by atoms with Crippen molar-refractivity contribution in [3.8, 4) is 0 Å². The Kier molecular flexibility index (Phi) is 4.95. The van der Waals surface area contributed by atoms with E-state index in [1.54, 1.807) is 6.92 Å². The van der Waals surface area contributed by atoms with Gasteiger partial charge in [-0.15, -0.1) is 4.91 Å². The highest BCUT2D eigenvalue weighted by Crippen LogP contribution is 2.31. The number of aliphatic hydroxyl groups is 1. The fourth-order valence-electron chi connectivity index (χ4n) is 1.65. The monoisotopic (exact) mass is 227 g/mol. The van der Waals surface area contributed by atoms with Crippen molar-refractivity contribution < 1.29 is 14.6 Å². The third-order valence-electron chi connectivity index (χ3n) is 2.85. The van der Waals surface area contributed by atoms with Gasteiger partial charge < -0.3 is 9.84 Å². The third-order valence-corrected chi connectivity index (χ3v) is 2.85. The summed E-state index contributed by atoms with van der Waals surface area (Å²) in [6.07, 6.45) is 4.67. The zero-order chi connectivity index (χ0) is 12.0.